The van der Waals surface area contributed by atoms with Crippen molar-refractivity contribution in [2.24, 2.45) is 0 Å². The van der Waals surface area contributed by atoms with Crippen LogP contribution in [0.3, 0.4) is 0 Å². The highest BCUT2D eigenvalue weighted by molar-refractivity contribution is 7.17. The van der Waals surface area contributed by atoms with E-state index in [1.165, 1.54) is 33.6 Å². The van der Waals surface area contributed by atoms with Gasteiger partial charge < -0.3 is 19.6 Å². The number of methoxy groups -OCH3 is 1. The van der Waals surface area contributed by atoms with Crippen LogP contribution in [-0.2, 0) is 0 Å². The number of nitrogens with one attached hydrogen (secondary N) is 2. The van der Waals surface area contributed by atoms with Crippen LogP contribution in [0.2, 0.25) is 0 Å². The number of rotatable bonds is 5. The van der Waals surface area contributed by atoms with Gasteiger partial charge in [0, 0.05) is 5.56 Å². The van der Waals surface area contributed by atoms with E-state index in [4.69, 9.17) is 4.74 Å². The van der Waals surface area contributed by atoms with Gasteiger partial charge in [-0.05, 0) is 19.1 Å². The Balaban J connectivity index is 1.76. The summed E-state index contributed by atoms with van der Waals surface area (Å²) < 4.78 is 6.96. The highest BCUT2D eigenvalue weighted by Gasteiger charge is 2.35. The van der Waals surface area contributed by atoms with E-state index in [2.05, 4.69) is 29.1 Å². The summed E-state index contributed by atoms with van der Waals surface area (Å²) in [5.74, 6) is 1.04. The first kappa shape index (κ1) is 17.3. The molecule has 3 aromatic rings. The normalized spacial score (nSPS) is 21.8. The fourth-order valence-electron chi connectivity index (χ4n) is 3.84. The first-order valence-electron chi connectivity index (χ1n) is 9.04. The van der Waals surface area contributed by atoms with Crippen LogP contribution in [0.25, 0.3) is 4.96 Å². The van der Waals surface area contributed by atoms with Crippen molar-refractivity contribution in [3.63, 3.8) is 0 Å². The van der Waals surface area contributed by atoms with Gasteiger partial charge in [0.25, 0.3) is 0 Å². The molecule has 1 saturated heterocycles. The average Bonchev–Trinajstić information content (AvgIpc) is 3.26. The number of hydrogen-bond acceptors (Lipinski definition) is 5. The summed E-state index contributed by atoms with van der Waals surface area (Å²) in [7, 11) is 1.69. The molecule has 0 saturated carbocycles. The number of benzene rings is 1. The Morgan fingerprint density at radius 2 is 2.12 bits per heavy atom. The Morgan fingerprint density at radius 1 is 1.31 bits per heavy atom. The highest BCUT2D eigenvalue weighted by Crippen LogP contribution is 2.35. The van der Waals surface area contributed by atoms with Gasteiger partial charge in [-0.1, -0.05) is 23.5 Å². The molecule has 2 aromatic heterocycles. The molecule has 3 N–H and O–H groups in total. The summed E-state index contributed by atoms with van der Waals surface area (Å²) in [6, 6.07) is 8.22. The van der Waals surface area contributed by atoms with Crippen molar-refractivity contribution in [2.45, 2.75) is 13.0 Å². The number of fused-ring (bicyclic) bond motifs is 1. The number of aromatic nitrogens is 3. The van der Waals surface area contributed by atoms with Crippen LogP contribution in [0, 0.1) is 0 Å². The second kappa shape index (κ2) is 7.22. The van der Waals surface area contributed by atoms with Crippen molar-refractivity contribution in [3.8, 4) is 11.6 Å². The van der Waals surface area contributed by atoms with Gasteiger partial charge in [0.2, 0.25) is 10.8 Å². The van der Waals surface area contributed by atoms with Gasteiger partial charge in [-0.2, -0.15) is 9.61 Å². The topological polar surface area (TPSA) is 68.5 Å². The number of ether oxygens (including phenoxy) is 1. The van der Waals surface area contributed by atoms with E-state index in [-0.39, 0.29) is 11.9 Å². The van der Waals surface area contributed by atoms with E-state index < -0.39 is 0 Å². The molecule has 0 bridgehead atoms. The zero-order chi connectivity index (χ0) is 18.1. The second-order valence-corrected chi connectivity index (χ2v) is 7.72. The molecular formula is C18H25N5O2S+2. The van der Waals surface area contributed by atoms with E-state index in [0.717, 1.165) is 47.3 Å². The maximum absolute atomic E-state index is 10.8. The maximum atomic E-state index is 10.8. The summed E-state index contributed by atoms with van der Waals surface area (Å²) in [5, 5.41) is 14.9. The van der Waals surface area contributed by atoms with E-state index in [0.29, 0.717) is 0 Å². The van der Waals surface area contributed by atoms with Crippen LogP contribution in [0.1, 0.15) is 23.4 Å². The molecule has 1 aliphatic rings. The van der Waals surface area contributed by atoms with Crippen LogP contribution in [-0.4, -0.2) is 59.5 Å². The lowest BCUT2D eigenvalue weighted by Gasteiger charge is -2.34. The smallest absolute Gasteiger partial charge is 0.235 e. The molecule has 1 atom stereocenters. The molecule has 4 rings (SSSR count). The van der Waals surface area contributed by atoms with Gasteiger partial charge in [0.05, 0.1) is 13.7 Å². The second-order valence-electron chi connectivity index (χ2n) is 6.72. The summed E-state index contributed by atoms with van der Waals surface area (Å²) in [5.41, 5.74) is 1.15. The van der Waals surface area contributed by atoms with E-state index in [1.54, 1.807) is 12.0 Å². The Bertz CT molecular complexity index is 885. The number of nitrogens with zero attached hydrogens (tertiary/aromatic N) is 3. The van der Waals surface area contributed by atoms with Gasteiger partial charge in [-0.3, -0.25) is 0 Å². The molecule has 138 valence electrons. The predicted molar refractivity (Wildman–Crippen MR) is 99.3 cm³/mol. The molecule has 0 spiro atoms. The monoisotopic (exact) mass is 375 g/mol. The predicted octanol–water partition coefficient (Wildman–Crippen LogP) is -0.602. The van der Waals surface area contributed by atoms with Gasteiger partial charge in [-0.25, -0.2) is 4.98 Å². The lowest BCUT2D eigenvalue weighted by molar-refractivity contribution is -1.02. The van der Waals surface area contributed by atoms with Crippen molar-refractivity contribution in [1.82, 2.24) is 14.6 Å². The largest absolute Gasteiger partial charge is 0.497 e. The Labute approximate surface area is 156 Å². The van der Waals surface area contributed by atoms with Crippen molar-refractivity contribution in [3.05, 3.63) is 41.0 Å². The van der Waals surface area contributed by atoms with E-state index in [1.807, 2.05) is 12.1 Å². The first-order valence-corrected chi connectivity index (χ1v) is 9.86. The van der Waals surface area contributed by atoms with Crippen LogP contribution < -0.4 is 14.5 Å². The molecule has 0 aliphatic carbocycles. The molecule has 1 fully saturated rings. The summed E-state index contributed by atoms with van der Waals surface area (Å²) in [6.45, 7) is 7.84. The SMILES string of the molecule is CC[NH+]1CC[NH+]([C@H](c2cccc(OC)c2)c2sc3ncnn3c2O)CC1. The molecule has 0 unspecified atom stereocenters. The molecule has 0 amide bonds. The standard InChI is InChI=1S/C18H23N5O2S/c1-3-21-7-9-22(10-8-21)15(13-5-4-6-14(11-13)25-2)16-17(24)23-18(26-16)19-12-20-23/h4-6,11-12,15,24H,3,7-10H2,1-2H3/p+2/t15-/m1/s1. The number of thiazole rings is 1. The van der Waals surface area contributed by atoms with Crippen LogP contribution in [0.15, 0.2) is 30.6 Å². The molecule has 7 nitrogen and oxygen atoms in total. The Morgan fingerprint density at radius 3 is 2.81 bits per heavy atom. The van der Waals surface area contributed by atoms with E-state index >= 15 is 0 Å². The maximum Gasteiger partial charge on any atom is 0.235 e. The molecule has 26 heavy (non-hydrogen) atoms. The number of piperazine rings is 1. The molecular weight excluding hydrogens is 350 g/mol. The molecule has 1 aromatic carbocycles. The molecule has 3 heterocycles. The minimum atomic E-state index is 0.0528. The van der Waals surface area contributed by atoms with Gasteiger partial charge >= 0.3 is 0 Å². The quantitative estimate of drug-likeness (QED) is 0.557. The fraction of sp³-hybridized carbons (Fsp3) is 0.444. The highest BCUT2D eigenvalue weighted by atomic mass is 32.1. The Kier molecular flexibility index (Phi) is 4.80. The number of aromatic hydroxyl groups is 1. The summed E-state index contributed by atoms with van der Waals surface area (Å²) in [4.78, 5) is 9.01. The molecule has 0 radical (unpaired) electrons. The lowest BCUT2D eigenvalue weighted by Crippen LogP contribution is -3.28. The third-order valence-corrected chi connectivity index (χ3v) is 6.43. The number of likely N-dealkylation sites (N-methyl/N-ethyl adjacent to an activating group) is 1. The zero-order valence-electron chi connectivity index (χ0n) is 15.1. The van der Waals surface area contributed by atoms with E-state index in [9.17, 15) is 5.11 Å². The average molecular weight is 375 g/mol. The molecule has 8 heteroatoms. The van der Waals surface area contributed by atoms with Crippen LogP contribution >= 0.6 is 11.3 Å². The zero-order valence-corrected chi connectivity index (χ0v) is 15.9. The van der Waals surface area contributed by atoms with Crippen molar-refractivity contribution >= 4 is 16.3 Å². The van der Waals surface area contributed by atoms with Gasteiger partial charge in [0.1, 0.15) is 43.1 Å². The number of quaternary nitrogens is 2. The lowest BCUT2D eigenvalue weighted by atomic mass is 10.0. The van der Waals surface area contributed by atoms with Crippen molar-refractivity contribution < 1.29 is 19.6 Å². The van der Waals surface area contributed by atoms with Crippen LogP contribution in [0.5, 0.6) is 11.6 Å². The third kappa shape index (κ3) is 3.04. The fourth-order valence-corrected chi connectivity index (χ4v) is 4.96. The number of hydrogen-bond donors (Lipinski definition) is 3. The first-order chi connectivity index (χ1) is 12.7. The van der Waals surface area contributed by atoms with Gasteiger partial charge in [-0.15, -0.1) is 0 Å². The minimum Gasteiger partial charge on any atom is -0.497 e. The third-order valence-electron chi connectivity index (χ3n) is 5.34. The summed E-state index contributed by atoms with van der Waals surface area (Å²) >= 11 is 1.52. The Hall–Kier alpha value is -2.16. The van der Waals surface area contributed by atoms with Gasteiger partial charge in [0.15, 0.2) is 6.04 Å². The van der Waals surface area contributed by atoms with Crippen LogP contribution in [0.4, 0.5) is 0 Å². The molecule has 1 aliphatic heterocycles. The van der Waals surface area contributed by atoms with Crippen molar-refractivity contribution in [1.29, 1.82) is 0 Å². The van der Waals surface area contributed by atoms with Crippen molar-refractivity contribution in [2.75, 3.05) is 39.8 Å². The minimum absolute atomic E-state index is 0.0528. The summed E-state index contributed by atoms with van der Waals surface area (Å²) in [6.07, 6.45) is 1.48.